The highest BCUT2D eigenvalue weighted by Crippen LogP contribution is 2.30. The molecule has 2 saturated heterocycles. The molecule has 0 radical (unpaired) electrons. The maximum Gasteiger partial charge on any atom is 0.262 e. The van der Waals surface area contributed by atoms with E-state index in [0.29, 0.717) is 19.5 Å². The van der Waals surface area contributed by atoms with Crippen LogP contribution in [0.5, 0.6) is 0 Å². The molecule has 7 heteroatoms. The standard InChI is InChI=1S/C17H19F3N2O2/c18-12-4-5-14(19)13(10-12)15(23)22-9-3-6-17(20,11-22)16(24)21-7-1-2-8-21/h4-5,10H,1-3,6-9,11H2. The topological polar surface area (TPSA) is 40.6 Å². The van der Waals surface area contributed by atoms with E-state index in [1.165, 1.54) is 4.90 Å². The molecule has 3 rings (SSSR count). The number of hydrogen-bond donors (Lipinski definition) is 0. The fourth-order valence-corrected chi connectivity index (χ4v) is 3.39. The number of carbonyl (C=O) groups excluding carboxylic acids is 2. The lowest BCUT2D eigenvalue weighted by molar-refractivity contribution is -0.146. The second-order valence-corrected chi connectivity index (χ2v) is 6.42. The molecule has 0 spiro atoms. The number of likely N-dealkylation sites (tertiary alicyclic amines) is 2. The number of nitrogens with zero attached hydrogens (tertiary/aromatic N) is 2. The Hall–Kier alpha value is -2.05. The van der Waals surface area contributed by atoms with Gasteiger partial charge in [0, 0.05) is 19.6 Å². The molecule has 1 unspecified atom stereocenters. The van der Waals surface area contributed by atoms with Crippen LogP contribution in [0.1, 0.15) is 36.0 Å². The first-order valence-electron chi connectivity index (χ1n) is 8.13. The van der Waals surface area contributed by atoms with Crippen LogP contribution >= 0.6 is 0 Å². The van der Waals surface area contributed by atoms with Crippen molar-refractivity contribution in [2.45, 2.75) is 31.4 Å². The number of benzene rings is 1. The van der Waals surface area contributed by atoms with Gasteiger partial charge in [0.15, 0.2) is 0 Å². The third kappa shape index (κ3) is 3.12. The van der Waals surface area contributed by atoms with Gasteiger partial charge in [-0.05, 0) is 43.9 Å². The summed E-state index contributed by atoms with van der Waals surface area (Å²) in [5.41, 5.74) is -2.59. The van der Waals surface area contributed by atoms with Crippen molar-refractivity contribution in [1.29, 1.82) is 0 Å². The van der Waals surface area contributed by atoms with Gasteiger partial charge in [0.05, 0.1) is 12.1 Å². The van der Waals surface area contributed by atoms with Crippen molar-refractivity contribution < 1.29 is 22.8 Å². The molecule has 0 N–H and O–H groups in total. The van der Waals surface area contributed by atoms with Crippen molar-refractivity contribution in [1.82, 2.24) is 9.80 Å². The quantitative estimate of drug-likeness (QED) is 0.830. The normalized spacial score (nSPS) is 24.3. The van der Waals surface area contributed by atoms with Gasteiger partial charge >= 0.3 is 0 Å². The van der Waals surface area contributed by atoms with E-state index in [2.05, 4.69) is 0 Å². The van der Waals surface area contributed by atoms with E-state index >= 15 is 4.39 Å². The number of hydrogen-bond acceptors (Lipinski definition) is 2. The smallest absolute Gasteiger partial charge is 0.262 e. The van der Waals surface area contributed by atoms with Crippen LogP contribution in [0.25, 0.3) is 0 Å². The van der Waals surface area contributed by atoms with Gasteiger partial charge in [-0.3, -0.25) is 9.59 Å². The van der Waals surface area contributed by atoms with Crippen molar-refractivity contribution >= 4 is 11.8 Å². The third-order valence-corrected chi connectivity index (χ3v) is 4.67. The molecule has 0 aliphatic carbocycles. The summed E-state index contributed by atoms with van der Waals surface area (Å²) in [6.07, 6.45) is 2.04. The van der Waals surface area contributed by atoms with Crippen LogP contribution in [0.15, 0.2) is 18.2 Å². The van der Waals surface area contributed by atoms with Crippen LogP contribution in [-0.4, -0.2) is 53.5 Å². The summed E-state index contributed by atoms with van der Waals surface area (Å²) in [5, 5.41) is 0. The number of rotatable bonds is 2. The SMILES string of the molecule is O=C(c1cc(F)ccc1F)N1CCCC(F)(C(=O)N2CCCC2)C1. The molecule has 2 aliphatic rings. The Labute approximate surface area is 138 Å². The molecule has 0 aromatic heterocycles. The summed E-state index contributed by atoms with van der Waals surface area (Å²) in [6, 6.07) is 2.58. The average Bonchev–Trinajstić information content (AvgIpc) is 3.10. The molecular formula is C17H19F3N2O2. The molecule has 24 heavy (non-hydrogen) atoms. The number of carbonyl (C=O) groups is 2. The monoisotopic (exact) mass is 340 g/mol. The fourth-order valence-electron chi connectivity index (χ4n) is 3.39. The molecule has 1 aromatic rings. The Morgan fingerprint density at radius 1 is 1.00 bits per heavy atom. The second-order valence-electron chi connectivity index (χ2n) is 6.42. The minimum absolute atomic E-state index is 0.0394. The Balaban J connectivity index is 1.78. The van der Waals surface area contributed by atoms with Crippen molar-refractivity contribution in [3.05, 3.63) is 35.4 Å². The first-order chi connectivity index (χ1) is 11.4. The van der Waals surface area contributed by atoms with Gasteiger partial charge in [0.1, 0.15) is 11.6 Å². The van der Waals surface area contributed by atoms with Gasteiger partial charge in [0.2, 0.25) is 5.67 Å². The van der Waals surface area contributed by atoms with E-state index < -0.39 is 41.2 Å². The van der Waals surface area contributed by atoms with Gasteiger partial charge in [-0.2, -0.15) is 0 Å². The molecule has 1 atom stereocenters. The van der Waals surface area contributed by atoms with Gasteiger partial charge in [-0.15, -0.1) is 0 Å². The van der Waals surface area contributed by atoms with E-state index in [-0.39, 0.29) is 13.0 Å². The van der Waals surface area contributed by atoms with E-state index in [0.717, 1.165) is 35.9 Å². The lowest BCUT2D eigenvalue weighted by Crippen LogP contribution is -2.56. The number of alkyl halides is 1. The van der Waals surface area contributed by atoms with Crippen molar-refractivity contribution in [2.75, 3.05) is 26.2 Å². The van der Waals surface area contributed by atoms with Gasteiger partial charge < -0.3 is 9.80 Å². The molecule has 0 bridgehead atoms. The Morgan fingerprint density at radius 3 is 2.38 bits per heavy atom. The largest absolute Gasteiger partial charge is 0.340 e. The zero-order chi connectivity index (χ0) is 17.3. The lowest BCUT2D eigenvalue weighted by atomic mass is 9.92. The number of piperidine rings is 1. The van der Waals surface area contributed by atoms with E-state index in [1.807, 2.05) is 0 Å². The van der Waals surface area contributed by atoms with Crippen LogP contribution in [0.3, 0.4) is 0 Å². The molecule has 4 nitrogen and oxygen atoms in total. The average molecular weight is 340 g/mol. The molecule has 130 valence electrons. The zero-order valence-corrected chi connectivity index (χ0v) is 13.2. The van der Waals surface area contributed by atoms with Crippen LogP contribution in [0, 0.1) is 11.6 Å². The van der Waals surface area contributed by atoms with Crippen molar-refractivity contribution in [2.24, 2.45) is 0 Å². The van der Waals surface area contributed by atoms with Crippen molar-refractivity contribution in [3.63, 3.8) is 0 Å². The maximum absolute atomic E-state index is 15.2. The van der Waals surface area contributed by atoms with E-state index in [1.54, 1.807) is 0 Å². The second kappa shape index (κ2) is 6.45. The highest BCUT2D eigenvalue weighted by molar-refractivity contribution is 5.95. The predicted molar refractivity (Wildman–Crippen MR) is 81.1 cm³/mol. The maximum atomic E-state index is 15.2. The van der Waals surface area contributed by atoms with Crippen LogP contribution in [-0.2, 0) is 4.79 Å². The van der Waals surface area contributed by atoms with E-state index in [9.17, 15) is 18.4 Å². The third-order valence-electron chi connectivity index (χ3n) is 4.67. The molecule has 2 aliphatic heterocycles. The summed E-state index contributed by atoms with van der Waals surface area (Å²) in [6.45, 7) is 0.846. The summed E-state index contributed by atoms with van der Waals surface area (Å²) in [4.78, 5) is 27.4. The number of halogens is 3. The first kappa shape index (κ1) is 16.8. The number of amides is 2. The fraction of sp³-hybridized carbons (Fsp3) is 0.529. The minimum Gasteiger partial charge on any atom is -0.340 e. The summed E-state index contributed by atoms with van der Waals surface area (Å²) >= 11 is 0. The predicted octanol–water partition coefficient (Wildman–Crippen LogP) is 2.53. The summed E-state index contributed by atoms with van der Waals surface area (Å²) < 4.78 is 42.2. The van der Waals surface area contributed by atoms with Gasteiger partial charge in [0.25, 0.3) is 11.8 Å². The highest BCUT2D eigenvalue weighted by Gasteiger charge is 2.46. The Morgan fingerprint density at radius 2 is 1.67 bits per heavy atom. The van der Waals surface area contributed by atoms with Crippen LogP contribution in [0.4, 0.5) is 13.2 Å². The van der Waals surface area contributed by atoms with Crippen molar-refractivity contribution in [3.8, 4) is 0 Å². The summed E-state index contributed by atoms with van der Waals surface area (Å²) in [7, 11) is 0. The summed E-state index contributed by atoms with van der Waals surface area (Å²) in [5.74, 6) is -2.99. The van der Waals surface area contributed by atoms with E-state index in [4.69, 9.17) is 0 Å². The first-order valence-corrected chi connectivity index (χ1v) is 8.13. The Kier molecular flexibility index (Phi) is 4.51. The minimum atomic E-state index is -2.15. The Bertz CT molecular complexity index is 661. The molecule has 1 aromatic carbocycles. The molecular weight excluding hydrogens is 321 g/mol. The van der Waals surface area contributed by atoms with Gasteiger partial charge in [-0.1, -0.05) is 0 Å². The molecule has 2 amide bonds. The molecule has 0 saturated carbocycles. The molecule has 2 fully saturated rings. The highest BCUT2D eigenvalue weighted by atomic mass is 19.1. The lowest BCUT2D eigenvalue weighted by Gasteiger charge is -2.38. The van der Waals surface area contributed by atoms with Crippen LogP contribution < -0.4 is 0 Å². The van der Waals surface area contributed by atoms with Gasteiger partial charge in [-0.25, -0.2) is 13.2 Å². The zero-order valence-electron chi connectivity index (χ0n) is 13.2. The van der Waals surface area contributed by atoms with Crippen LogP contribution in [0.2, 0.25) is 0 Å². The molecule has 2 heterocycles.